The van der Waals surface area contributed by atoms with E-state index in [0.29, 0.717) is 4.80 Å². The van der Waals surface area contributed by atoms with Gasteiger partial charge in [0.25, 0.3) is 5.91 Å². The number of rotatable bonds is 2. The Labute approximate surface area is 95.2 Å². The fourth-order valence-corrected chi connectivity index (χ4v) is 2.01. The molecular weight excluding hydrogens is 234 g/mol. The van der Waals surface area contributed by atoms with Crippen LogP contribution in [0.5, 0.6) is 0 Å². The van der Waals surface area contributed by atoms with Crippen LogP contribution in [-0.2, 0) is 16.6 Å². The molecule has 0 aliphatic carbocycles. The van der Waals surface area contributed by atoms with E-state index in [1.54, 1.807) is 11.7 Å². The molecule has 1 rings (SSSR count). The van der Waals surface area contributed by atoms with Crippen molar-refractivity contribution in [1.82, 2.24) is 9.78 Å². The van der Waals surface area contributed by atoms with Crippen LogP contribution >= 0.6 is 23.1 Å². The maximum Gasteiger partial charge on any atom is 0.258 e. The highest BCUT2D eigenvalue weighted by molar-refractivity contribution is 8.14. The van der Waals surface area contributed by atoms with Crippen molar-refractivity contribution in [1.29, 1.82) is 0 Å². The molecule has 0 atom stereocenters. The molecule has 1 aromatic heterocycles. The summed E-state index contributed by atoms with van der Waals surface area (Å²) < 4.78 is 1.55. The summed E-state index contributed by atoms with van der Waals surface area (Å²) >= 11 is 2.31. The zero-order valence-electron chi connectivity index (χ0n) is 8.68. The first-order valence-corrected chi connectivity index (χ1v) is 6.01. The molecule has 0 radical (unpaired) electrons. The van der Waals surface area contributed by atoms with E-state index in [-0.39, 0.29) is 16.8 Å². The Balaban J connectivity index is 2.75. The van der Waals surface area contributed by atoms with Gasteiger partial charge in [-0.3, -0.25) is 9.59 Å². The topological polar surface area (TPSA) is 64.3 Å². The van der Waals surface area contributed by atoms with E-state index in [1.807, 2.05) is 6.92 Å². The molecule has 1 amide bonds. The van der Waals surface area contributed by atoms with E-state index in [2.05, 4.69) is 10.1 Å². The molecule has 0 fully saturated rings. The van der Waals surface area contributed by atoms with Crippen LogP contribution in [0.25, 0.3) is 0 Å². The first-order chi connectivity index (χ1) is 6.99. The molecule has 82 valence electrons. The SMILES string of the molecule is CC(=O)SCC(=O)N=c1sc(C)nn1C. The Morgan fingerprint density at radius 3 is 2.73 bits per heavy atom. The minimum Gasteiger partial charge on any atom is -0.288 e. The number of hydrogen-bond acceptors (Lipinski definition) is 5. The van der Waals surface area contributed by atoms with E-state index in [4.69, 9.17) is 0 Å². The average molecular weight is 245 g/mol. The van der Waals surface area contributed by atoms with Gasteiger partial charge in [-0.25, -0.2) is 4.68 Å². The summed E-state index contributed by atoms with van der Waals surface area (Å²) in [4.78, 5) is 26.3. The van der Waals surface area contributed by atoms with Gasteiger partial charge in [0, 0.05) is 14.0 Å². The van der Waals surface area contributed by atoms with Crippen molar-refractivity contribution >= 4 is 34.1 Å². The molecule has 0 saturated heterocycles. The molecule has 15 heavy (non-hydrogen) atoms. The predicted molar refractivity (Wildman–Crippen MR) is 59.5 cm³/mol. The van der Waals surface area contributed by atoms with E-state index in [0.717, 1.165) is 16.8 Å². The van der Waals surface area contributed by atoms with E-state index in [1.165, 1.54) is 18.3 Å². The number of thioether (sulfide) groups is 1. The fourth-order valence-electron chi connectivity index (χ4n) is 0.870. The third kappa shape index (κ3) is 3.96. The highest BCUT2D eigenvalue weighted by atomic mass is 32.2. The molecular formula is C8H11N3O2S2. The molecule has 5 nitrogen and oxygen atoms in total. The number of nitrogens with zero attached hydrogens (tertiary/aromatic N) is 3. The Bertz CT molecular complexity index is 447. The zero-order chi connectivity index (χ0) is 11.4. The Kier molecular flexibility index (Phi) is 4.22. The van der Waals surface area contributed by atoms with Crippen molar-refractivity contribution in [2.45, 2.75) is 13.8 Å². The minimum absolute atomic E-state index is 0.0802. The molecule has 1 aromatic rings. The Morgan fingerprint density at radius 1 is 1.60 bits per heavy atom. The van der Waals surface area contributed by atoms with Crippen LogP contribution in [0.3, 0.4) is 0 Å². The van der Waals surface area contributed by atoms with Gasteiger partial charge in [-0.15, -0.1) is 0 Å². The summed E-state index contributed by atoms with van der Waals surface area (Å²) in [6.45, 7) is 3.27. The van der Waals surface area contributed by atoms with Gasteiger partial charge in [-0.2, -0.15) is 10.1 Å². The second-order valence-corrected chi connectivity index (χ2v) is 5.13. The summed E-state index contributed by atoms with van der Waals surface area (Å²) in [6, 6.07) is 0. The van der Waals surface area contributed by atoms with Gasteiger partial charge < -0.3 is 0 Å². The van der Waals surface area contributed by atoms with Gasteiger partial charge in [0.1, 0.15) is 5.01 Å². The lowest BCUT2D eigenvalue weighted by atomic mass is 10.7. The maximum atomic E-state index is 11.3. The van der Waals surface area contributed by atoms with Crippen molar-refractivity contribution in [3.05, 3.63) is 9.81 Å². The fraction of sp³-hybridized carbons (Fsp3) is 0.500. The molecule has 0 bridgehead atoms. The maximum absolute atomic E-state index is 11.3. The second kappa shape index (κ2) is 5.22. The number of carbonyl (C=O) groups is 2. The van der Waals surface area contributed by atoms with Crippen LogP contribution < -0.4 is 4.80 Å². The summed E-state index contributed by atoms with van der Waals surface area (Å²) in [5.74, 6) is -0.221. The molecule has 0 aliphatic heterocycles. The van der Waals surface area contributed by atoms with E-state index in [9.17, 15) is 9.59 Å². The molecule has 1 heterocycles. The van der Waals surface area contributed by atoms with Crippen LogP contribution in [0.1, 0.15) is 11.9 Å². The van der Waals surface area contributed by atoms with Crippen molar-refractivity contribution < 1.29 is 9.59 Å². The summed E-state index contributed by atoms with van der Waals surface area (Å²) in [5, 5.41) is 4.84. The number of carbonyl (C=O) groups excluding carboxylic acids is 2. The lowest BCUT2D eigenvalue weighted by Crippen LogP contribution is -2.15. The third-order valence-electron chi connectivity index (χ3n) is 1.43. The summed E-state index contributed by atoms with van der Waals surface area (Å²) in [6.07, 6.45) is 0. The van der Waals surface area contributed by atoms with Crippen LogP contribution in [0, 0.1) is 6.92 Å². The van der Waals surface area contributed by atoms with Gasteiger partial charge in [0.05, 0.1) is 5.75 Å². The standard InChI is InChI=1S/C8H11N3O2S2/c1-5-10-11(3)8(15-5)9-7(13)4-14-6(2)12/h4H2,1-3H3. The van der Waals surface area contributed by atoms with Gasteiger partial charge in [-0.05, 0) is 6.92 Å². The number of aryl methyl sites for hydroxylation is 2. The van der Waals surface area contributed by atoms with Crippen LogP contribution in [0.2, 0.25) is 0 Å². The van der Waals surface area contributed by atoms with Crippen molar-refractivity contribution in [3.8, 4) is 0 Å². The Morgan fingerprint density at radius 2 is 2.27 bits per heavy atom. The van der Waals surface area contributed by atoms with Gasteiger partial charge in [0.15, 0.2) is 5.12 Å². The average Bonchev–Trinajstić information content (AvgIpc) is 2.42. The molecule has 0 saturated carbocycles. The van der Waals surface area contributed by atoms with Crippen LogP contribution in [0.15, 0.2) is 4.99 Å². The molecule has 0 aromatic carbocycles. The Hall–Kier alpha value is -0.950. The zero-order valence-corrected chi connectivity index (χ0v) is 10.3. The highest BCUT2D eigenvalue weighted by Gasteiger charge is 2.03. The normalized spacial score (nSPS) is 11.8. The summed E-state index contributed by atoms with van der Waals surface area (Å²) in [7, 11) is 1.73. The molecule has 0 spiro atoms. The third-order valence-corrected chi connectivity index (χ3v) is 3.14. The van der Waals surface area contributed by atoms with Crippen LogP contribution in [0.4, 0.5) is 0 Å². The number of hydrogen-bond donors (Lipinski definition) is 0. The van der Waals surface area contributed by atoms with Gasteiger partial charge >= 0.3 is 0 Å². The predicted octanol–water partition coefficient (Wildman–Crippen LogP) is 0.497. The minimum atomic E-state index is -0.311. The van der Waals surface area contributed by atoms with Crippen molar-refractivity contribution in [2.75, 3.05) is 5.75 Å². The molecule has 0 aliphatic rings. The smallest absolute Gasteiger partial charge is 0.258 e. The van der Waals surface area contributed by atoms with Crippen molar-refractivity contribution in [3.63, 3.8) is 0 Å². The first kappa shape index (κ1) is 12.1. The number of amides is 1. The molecule has 0 unspecified atom stereocenters. The van der Waals surface area contributed by atoms with Gasteiger partial charge in [0.2, 0.25) is 4.80 Å². The monoisotopic (exact) mass is 245 g/mol. The highest BCUT2D eigenvalue weighted by Crippen LogP contribution is 2.01. The molecule has 0 N–H and O–H groups in total. The molecule has 7 heteroatoms. The van der Waals surface area contributed by atoms with E-state index >= 15 is 0 Å². The van der Waals surface area contributed by atoms with E-state index < -0.39 is 0 Å². The van der Waals surface area contributed by atoms with Crippen molar-refractivity contribution in [2.24, 2.45) is 12.0 Å². The van der Waals surface area contributed by atoms with Crippen LogP contribution in [-0.4, -0.2) is 26.6 Å². The lowest BCUT2D eigenvalue weighted by molar-refractivity contribution is -0.116. The quantitative estimate of drug-likeness (QED) is 0.761. The largest absolute Gasteiger partial charge is 0.288 e. The second-order valence-electron chi connectivity index (χ2n) is 2.81. The summed E-state index contributed by atoms with van der Waals surface area (Å²) in [5.41, 5.74) is 0. The lowest BCUT2D eigenvalue weighted by Gasteiger charge is -1.90. The van der Waals surface area contributed by atoms with Gasteiger partial charge in [-0.1, -0.05) is 23.1 Å². The first-order valence-electron chi connectivity index (χ1n) is 4.20. The number of aromatic nitrogens is 2.